The Morgan fingerprint density at radius 1 is 1.05 bits per heavy atom. The summed E-state index contributed by atoms with van der Waals surface area (Å²) in [5.41, 5.74) is 2.33. The number of sulfonamides is 1. The van der Waals surface area contributed by atoms with Crippen molar-refractivity contribution in [3.8, 4) is 28.6 Å². The number of hydrogen-bond donors (Lipinski definition) is 1. The van der Waals surface area contributed by atoms with Crippen molar-refractivity contribution in [3.63, 3.8) is 0 Å². The first-order chi connectivity index (χ1) is 18.6. The zero-order chi connectivity index (χ0) is 27.7. The first kappa shape index (κ1) is 26.2. The van der Waals surface area contributed by atoms with Crippen molar-refractivity contribution < 1.29 is 26.4 Å². The van der Waals surface area contributed by atoms with Gasteiger partial charge in [0.15, 0.2) is 0 Å². The monoisotopic (exact) mass is 555 g/mol. The van der Waals surface area contributed by atoms with Gasteiger partial charge in [-0.1, -0.05) is 0 Å². The summed E-state index contributed by atoms with van der Waals surface area (Å²) in [6.45, 7) is 0.753. The Bertz CT molecular complexity index is 1770. The van der Waals surface area contributed by atoms with Crippen molar-refractivity contribution in [1.82, 2.24) is 29.5 Å². The molecule has 0 aliphatic rings. The molecule has 0 saturated heterocycles. The van der Waals surface area contributed by atoms with Crippen LogP contribution in [0.2, 0.25) is 0 Å². The average molecular weight is 556 g/mol. The number of anilines is 1. The lowest BCUT2D eigenvalue weighted by atomic mass is 10.1. The topological polar surface area (TPSA) is 128 Å². The molecule has 0 unspecified atom stereocenters. The molecule has 14 heteroatoms. The summed E-state index contributed by atoms with van der Waals surface area (Å²) in [5, 5.41) is 8.26. The first-order valence-electron chi connectivity index (χ1n) is 11.6. The number of nitrogens with zero attached hydrogens (tertiary/aromatic N) is 6. The molecule has 0 fully saturated rings. The number of methoxy groups -OCH3 is 1. The largest absolute Gasteiger partial charge is 0.480 e. The maximum Gasteiger partial charge on any atom is 0.266 e. The molecule has 5 rings (SSSR count). The number of aromatic nitrogens is 5. The molecule has 11 nitrogen and oxygen atoms in total. The van der Waals surface area contributed by atoms with Crippen LogP contribution < -0.4 is 9.46 Å². The van der Waals surface area contributed by atoms with Crippen molar-refractivity contribution in [3.05, 3.63) is 72.5 Å². The van der Waals surface area contributed by atoms with Crippen LogP contribution >= 0.6 is 0 Å². The van der Waals surface area contributed by atoms with Crippen LogP contribution in [0.4, 0.5) is 14.5 Å². The molecule has 202 valence electrons. The molecule has 0 spiro atoms. The molecule has 1 aromatic carbocycles. The summed E-state index contributed by atoms with van der Waals surface area (Å²) in [6.07, 6.45) is 5.48. The van der Waals surface area contributed by atoms with Crippen LogP contribution in [0.15, 0.2) is 64.3 Å². The smallest absolute Gasteiger partial charge is 0.266 e. The van der Waals surface area contributed by atoms with Gasteiger partial charge in [-0.2, -0.15) is 0 Å². The van der Waals surface area contributed by atoms with Gasteiger partial charge in [0.05, 0.1) is 13.3 Å². The summed E-state index contributed by atoms with van der Waals surface area (Å²) in [7, 11) is 0.799. The Labute approximate surface area is 222 Å². The number of pyridine rings is 2. The molecule has 5 aromatic rings. The third-order valence-corrected chi connectivity index (χ3v) is 7.17. The zero-order valence-corrected chi connectivity index (χ0v) is 21.9. The summed E-state index contributed by atoms with van der Waals surface area (Å²) >= 11 is 0. The van der Waals surface area contributed by atoms with Crippen molar-refractivity contribution in [1.29, 1.82) is 0 Å². The highest BCUT2D eigenvalue weighted by Crippen LogP contribution is 2.31. The number of fused-ring (bicyclic) bond motifs is 1. The van der Waals surface area contributed by atoms with E-state index in [2.05, 4.69) is 24.9 Å². The number of halogens is 2. The van der Waals surface area contributed by atoms with Crippen LogP contribution in [0.5, 0.6) is 5.88 Å². The summed E-state index contributed by atoms with van der Waals surface area (Å²) in [6, 6.07) is 7.24. The maximum absolute atomic E-state index is 14.2. The molecule has 0 aliphatic heterocycles. The molecule has 0 amide bonds. The lowest BCUT2D eigenvalue weighted by Crippen LogP contribution is -2.15. The van der Waals surface area contributed by atoms with Crippen molar-refractivity contribution in [2.24, 2.45) is 0 Å². The van der Waals surface area contributed by atoms with Gasteiger partial charge >= 0.3 is 0 Å². The van der Waals surface area contributed by atoms with Crippen molar-refractivity contribution >= 4 is 21.4 Å². The number of nitrogens with one attached hydrogen (secondary N) is 1. The van der Waals surface area contributed by atoms with E-state index in [9.17, 15) is 17.2 Å². The molecule has 4 aromatic heterocycles. The number of benzene rings is 1. The van der Waals surface area contributed by atoms with Gasteiger partial charge in [-0.15, -0.1) is 10.2 Å². The predicted molar refractivity (Wildman–Crippen MR) is 138 cm³/mol. The van der Waals surface area contributed by atoms with Crippen molar-refractivity contribution in [2.45, 2.75) is 11.3 Å². The molecular weight excluding hydrogens is 532 g/mol. The minimum absolute atomic E-state index is 0.0351. The van der Waals surface area contributed by atoms with E-state index in [1.165, 1.54) is 19.4 Å². The zero-order valence-electron chi connectivity index (χ0n) is 21.1. The molecule has 4 heterocycles. The molecule has 0 aliphatic carbocycles. The third-order valence-electron chi connectivity index (χ3n) is 5.77. The second kappa shape index (κ2) is 10.4. The van der Waals surface area contributed by atoms with Crippen molar-refractivity contribution in [2.75, 3.05) is 32.5 Å². The SMILES string of the molecule is COc1ncc(-c2ccc3ncc(-c4nnc(CCN(C)C)o4)n3c2)cc1NS(=O)(=O)c1ccc(F)cc1F. The number of ether oxygens (including phenoxy) is 1. The van der Waals surface area contributed by atoms with Crippen LogP contribution in [-0.2, 0) is 16.4 Å². The fourth-order valence-corrected chi connectivity index (χ4v) is 4.93. The van der Waals surface area contributed by atoms with Crippen LogP contribution in [0.25, 0.3) is 28.4 Å². The highest BCUT2D eigenvalue weighted by molar-refractivity contribution is 7.92. The predicted octanol–water partition coefficient (Wildman–Crippen LogP) is 3.64. The van der Waals surface area contributed by atoms with Crippen LogP contribution in [0, 0.1) is 11.6 Å². The number of imidazole rings is 1. The lowest BCUT2D eigenvalue weighted by Gasteiger charge is -2.13. The van der Waals surface area contributed by atoms with E-state index in [0.717, 1.165) is 18.7 Å². The number of rotatable bonds is 9. The van der Waals surface area contributed by atoms with Crippen LogP contribution in [0.3, 0.4) is 0 Å². The van der Waals surface area contributed by atoms with Gasteiger partial charge in [0, 0.05) is 42.6 Å². The van der Waals surface area contributed by atoms with E-state index < -0.39 is 26.6 Å². The van der Waals surface area contributed by atoms with Gasteiger partial charge in [0.2, 0.25) is 11.8 Å². The van der Waals surface area contributed by atoms with E-state index in [0.29, 0.717) is 46.7 Å². The van der Waals surface area contributed by atoms with Crippen LogP contribution in [-0.4, -0.2) is 65.6 Å². The molecule has 39 heavy (non-hydrogen) atoms. The third kappa shape index (κ3) is 5.42. The molecule has 1 N–H and O–H groups in total. The van der Waals surface area contributed by atoms with Crippen LogP contribution in [0.1, 0.15) is 5.89 Å². The fourth-order valence-electron chi connectivity index (χ4n) is 3.83. The molecule has 0 bridgehead atoms. The Morgan fingerprint density at radius 3 is 2.62 bits per heavy atom. The number of hydrogen-bond acceptors (Lipinski definition) is 9. The van der Waals surface area contributed by atoms with Gasteiger partial charge < -0.3 is 14.1 Å². The van der Waals surface area contributed by atoms with E-state index in [1.807, 2.05) is 19.0 Å². The maximum atomic E-state index is 14.2. The second-order valence-corrected chi connectivity index (χ2v) is 10.5. The molecule has 0 saturated carbocycles. The highest BCUT2D eigenvalue weighted by Gasteiger charge is 2.22. The lowest BCUT2D eigenvalue weighted by molar-refractivity contribution is 0.386. The van der Waals surface area contributed by atoms with Gasteiger partial charge in [0.25, 0.3) is 15.9 Å². The number of likely N-dealkylation sites (N-methyl/N-ethyl adjacent to an activating group) is 1. The Kier molecular flexibility index (Phi) is 6.97. The van der Waals surface area contributed by atoms with E-state index in [-0.39, 0.29) is 11.6 Å². The van der Waals surface area contributed by atoms with Gasteiger partial charge in [0.1, 0.15) is 33.6 Å². The normalized spacial score (nSPS) is 11.8. The minimum atomic E-state index is -4.43. The molecule has 0 atom stereocenters. The minimum Gasteiger partial charge on any atom is -0.480 e. The van der Waals surface area contributed by atoms with E-state index in [4.69, 9.17) is 9.15 Å². The summed E-state index contributed by atoms with van der Waals surface area (Å²) in [5.74, 6) is -1.36. The van der Waals surface area contributed by atoms with E-state index >= 15 is 0 Å². The Hall–Kier alpha value is -4.43. The Balaban J connectivity index is 1.49. The Morgan fingerprint density at radius 2 is 1.87 bits per heavy atom. The molecule has 0 radical (unpaired) electrons. The summed E-state index contributed by atoms with van der Waals surface area (Å²) < 4.78 is 68.4. The summed E-state index contributed by atoms with van der Waals surface area (Å²) in [4.78, 5) is 9.89. The average Bonchev–Trinajstić information content (AvgIpc) is 3.53. The first-order valence-corrected chi connectivity index (χ1v) is 13.1. The van der Waals surface area contributed by atoms with Gasteiger partial charge in [-0.05, 0) is 44.4 Å². The van der Waals surface area contributed by atoms with E-state index in [1.54, 1.807) is 28.9 Å². The molecular formula is C25H23F2N7O4S. The highest BCUT2D eigenvalue weighted by atomic mass is 32.2. The van der Waals surface area contributed by atoms with Gasteiger partial charge in [-0.25, -0.2) is 27.2 Å². The standard InChI is InChI=1S/C25H23F2N7O4S/c1-33(2)9-8-23-30-31-25(38-23)20-13-28-22-7-4-15(14-34(20)22)16-10-19(24(37-3)29-12-16)32-39(35,36)21-6-5-17(26)11-18(21)27/h4-7,10-14,32H,8-9H2,1-3H3. The second-order valence-electron chi connectivity index (χ2n) is 8.80. The fraction of sp³-hybridized carbons (Fsp3) is 0.200. The quantitative estimate of drug-likeness (QED) is 0.290. The van der Waals surface area contributed by atoms with Gasteiger partial charge in [-0.3, -0.25) is 9.12 Å².